The second-order valence-corrected chi connectivity index (χ2v) is 4.62. The summed E-state index contributed by atoms with van der Waals surface area (Å²) in [5.41, 5.74) is -0.657. The van der Waals surface area contributed by atoms with Gasteiger partial charge in [0.2, 0.25) is 0 Å². The van der Waals surface area contributed by atoms with Gasteiger partial charge in [-0.1, -0.05) is 0 Å². The number of rotatable bonds is 6. The van der Waals surface area contributed by atoms with Crippen molar-refractivity contribution in [3.05, 3.63) is 11.6 Å². The first kappa shape index (κ1) is 23.5. The highest BCUT2D eigenvalue weighted by Gasteiger charge is 2.12. The molecule has 0 aromatic carbocycles. The summed E-state index contributed by atoms with van der Waals surface area (Å²) in [6, 6.07) is 0. The van der Waals surface area contributed by atoms with Gasteiger partial charge in [0.25, 0.3) is 0 Å². The summed E-state index contributed by atoms with van der Waals surface area (Å²) in [7, 11) is 6.16. The summed E-state index contributed by atoms with van der Waals surface area (Å²) in [5, 5.41) is 32.9. The molecule has 0 heterocycles. The molecule has 0 aromatic heterocycles. The summed E-state index contributed by atoms with van der Waals surface area (Å²) in [6.45, 7) is 1.11. The summed E-state index contributed by atoms with van der Waals surface area (Å²) in [6.07, 6.45) is -0.446. The van der Waals surface area contributed by atoms with E-state index < -0.39 is 29.9 Å². The Hall–Kier alpha value is -1.64. The number of aliphatic hydroxyl groups is 1. The fraction of sp³-hybridized carbons (Fsp3) is 0.545. The number of nitrogens with zero attached hydrogens (tertiary/aromatic N) is 1. The third kappa shape index (κ3) is 18.7. The van der Waals surface area contributed by atoms with Crippen LogP contribution >= 0.6 is 0 Å². The summed E-state index contributed by atoms with van der Waals surface area (Å²) >= 11 is 0. The number of likely N-dealkylation sites (N-methyl/N-ethyl adjacent to an activating group) is 1. The van der Waals surface area contributed by atoms with Crippen molar-refractivity contribution in [2.24, 2.45) is 0 Å². The van der Waals surface area contributed by atoms with E-state index in [9.17, 15) is 14.4 Å². The fourth-order valence-corrected chi connectivity index (χ4v) is 0.800. The van der Waals surface area contributed by atoms with Crippen LogP contribution < -0.4 is 12.4 Å². The smallest absolute Gasteiger partial charge is 0.332 e. The van der Waals surface area contributed by atoms with Gasteiger partial charge in [-0.15, -0.1) is 0 Å². The first-order valence-corrected chi connectivity index (χ1v) is 5.29. The highest BCUT2D eigenvalue weighted by Crippen LogP contribution is 2.00. The van der Waals surface area contributed by atoms with Crippen LogP contribution in [-0.2, 0) is 14.4 Å². The van der Waals surface area contributed by atoms with E-state index in [2.05, 4.69) is 21.1 Å². The van der Waals surface area contributed by atoms with E-state index >= 15 is 0 Å². The number of hydrogen-bond donors (Lipinski definition) is 4. The summed E-state index contributed by atoms with van der Waals surface area (Å²) in [4.78, 5) is 30.1. The molecule has 8 nitrogen and oxygen atoms in total. The average Bonchev–Trinajstić information content (AvgIpc) is 2.13. The van der Waals surface area contributed by atoms with Crippen LogP contribution in [0, 0.1) is 0 Å². The van der Waals surface area contributed by atoms with Gasteiger partial charge in [0.05, 0.1) is 39.7 Å². The minimum Gasteiger partial charge on any atom is -1.00 e. The molecule has 0 aliphatic heterocycles. The van der Waals surface area contributed by atoms with Crippen molar-refractivity contribution >= 4 is 17.9 Å². The molecule has 0 aliphatic carbocycles. The second-order valence-electron chi connectivity index (χ2n) is 4.62. The van der Waals surface area contributed by atoms with Crippen molar-refractivity contribution in [3.8, 4) is 0 Å². The highest BCUT2D eigenvalue weighted by atomic mass is 35.5. The van der Waals surface area contributed by atoms with Crippen LogP contribution in [0.1, 0.15) is 6.42 Å². The van der Waals surface area contributed by atoms with Crippen LogP contribution in [0.15, 0.2) is 11.6 Å². The third-order valence-corrected chi connectivity index (χ3v) is 1.68. The lowest BCUT2D eigenvalue weighted by atomic mass is 10.2. The average molecular weight is 314 g/mol. The zero-order chi connectivity index (χ0) is 15.6. The molecule has 0 aliphatic rings. The number of aliphatic carboxylic acids is 3. The monoisotopic (exact) mass is 313 g/mol. The first-order chi connectivity index (χ1) is 8.49. The number of halogens is 1. The predicted octanol–water partition coefficient (Wildman–Crippen LogP) is -3.75. The lowest BCUT2D eigenvalue weighted by Gasteiger charge is -2.21. The molecule has 0 fully saturated rings. The molecule has 0 unspecified atom stereocenters. The Labute approximate surface area is 122 Å². The first-order valence-electron chi connectivity index (χ1n) is 5.29. The molecule has 0 radical (unpaired) electrons. The Bertz CT molecular complexity index is 360. The normalized spacial score (nSPS) is 10.7. The van der Waals surface area contributed by atoms with Crippen molar-refractivity contribution < 1.29 is 51.7 Å². The van der Waals surface area contributed by atoms with E-state index in [0.717, 1.165) is 11.0 Å². The van der Waals surface area contributed by atoms with Gasteiger partial charge < -0.3 is 37.3 Å². The molecule has 0 bridgehead atoms. The van der Waals surface area contributed by atoms with Crippen molar-refractivity contribution in [1.82, 2.24) is 0 Å². The maximum atomic E-state index is 10.2. The van der Waals surface area contributed by atoms with Crippen LogP contribution in [0.3, 0.4) is 0 Å². The maximum absolute atomic E-state index is 10.2. The van der Waals surface area contributed by atoms with Crippen molar-refractivity contribution in [1.29, 1.82) is 0 Å². The van der Waals surface area contributed by atoms with Crippen LogP contribution in [0.4, 0.5) is 0 Å². The molecular weight excluding hydrogens is 294 g/mol. The van der Waals surface area contributed by atoms with E-state index in [1.54, 1.807) is 0 Å². The van der Waals surface area contributed by atoms with Gasteiger partial charge in [0.1, 0.15) is 6.54 Å². The number of hydrogen-bond acceptors (Lipinski definition) is 4. The number of aliphatic hydroxyl groups excluding tert-OH is 1. The second kappa shape index (κ2) is 11.2. The topological polar surface area (TPSA) is 132 Å². The maximum Gasteiger partial charge on any atom is 0.332 e. The Kier molecular flexibility index (Phi) is 13.1. The number of quaternary nitrogens is 1. The van der Waals surface area contributed by atoms with Gasteiger partial charge in [-0.05, 0) is 0 Å². The SMILES string of the molecule is C[N+](C)(C)CCO.O=C(O)/C=C(\CC(=O)O)C(=O)O.[Cl-]. The van der Waals surface area contributed by atoms with Crippen molar-refractivity contribution in [2.75, 3.05) is 34.3 Å². The quantitative estimate of drug-likeness (QED) is 0.292. The standard InChI is InChI=1S/C6H6O6.C5H14NO.ClH/c7-4(8)1-3(6(11)12)2-5(9)10;1-6(2,3)4-5-7;/h1H,2H2,(H,7,8)(H,9,10)(H,11,12);7H,4-5H2,1-3H3;1H/q;+1;/p-1/b3-1+;;. The van der Waals surface area contributed by atoms with E-state index in [-0.39, 0.29) is 19.0 Å². The van der Waals surface area contributed by atoms with Crippen molar-refractivity contribution in [2.45, 2.75) is 6.42 Å². The van der Waals surface area contributed by atoms with Gasteiger partial charge in [-0.25, -0.2) is 9.59 Å². The van der Waals surface area contributed by atoms with Crippen molar-refractivity contribution in [3.63, 3.8) is 0 Å². The van der Waals surface area contributed by atoms with Gasteiger partial charge in [-0.3, -0.25) is 4.79 Å². The zero-order valence-electron chi connectivity index (χ0n) is 11.5. The van der Waals surface area contributed by atoms with Crippen LogP contribution in [0.25, 0.3) is 0 Å². The van der Waals surface area contributed by atoms with E-state index in [1.807, 2.05) is 0 Å². The largest absolute Gasteiger partial charge is 1.00 e. The summed E-state index contributed by atoms with van der Waals surface area (Å²) in [5.74, 6) is -4.40. The molecule has 0 spiro atoms. The third-order valence-electron chi connectivity index (χ3n) is 1.68. The molecule has 118 valence electrons. The predicted molar refractivity (Wildman–Crippen MR) is 65.6 cm³/mol. The molecule has 4 N–H and O–H groups in total. The Morgan fingerprint density at radius 2 is 1.50 bits per heavy atom. The number of carboxylic acid groups (broad SMARTS) is 3. The molecule has 0 rings (SSSR count). The van der Waals surface area contributed by atoms with E-state index in [4.69, 9.17) is 20.4 Å². The molecule has 0 amide bonds. The molecule has 0 saturated heterocycles. The van der Waals surface area contributed by atoms with E-state index in [1.165, 1.54) is 0 Å². The lowest BCUT2D eigenvalue weighted by molar-refractivity contribution is -0.870. The van der Waals surface area contributed by atoms with Gasteiger partial charge >= 0.3 is 17.9 Å². The van der Waals surface area contributed by atoms with Gasteiger partial charge in [0.15, 0.2) is 0 Å². The Morgan fingerprint density at radius 3 is 1.65 bits per heavy atom. The number of carboxylic acids is 3. The molecule has 0 atom stereocenters. The summed E-state index contributed by atoms with van der Waals surface area (Å²) < 4.78 is 0.844. The minimum absolute atomic E-state index is 0. The number of carbonyl (C=O) groups is 3. The molecule has 0 saturated carbocycles. The molecular formula is C11H20ClNO7. The highest BCUT2D eigenvalue weighted by molar-refractivity contribution is 5.98. The molecule has 0 aromatic rings. The fourth-order valence-electron chi connectivity index (χ4n) is 0.800. The molecule has 9 heteroatoms. The van der Waals surface area contributed by atoms with Crippen LogP contribution in [-0.4, -0.2) is 77.1 Å². The van der Waals surface area contributed by atoms with Gasteiger partial charge in [-0.2, -0.15) is 0 Å². The minimum atomic E-state index is -1.54. The van der Waals surface area contributed by atoms with E-state index in [0.29, 0.717) is 6.08 Å². The molecule has 20 heavy (non-hydrogen) atoms. The Balaban J connectivity index is -0.000000312. The van der Waals surface area contributed by atoms with Crippen LogP contribution in [0.2, 0.25) is 0 Å². The van der Waals surface area contributed by atoms with Crippen LogP contribution in [0.5, 0.6) is 0 Å². The van der Waals surface area contributed by atoms with Gasteiger partial charge in [0, 0.05) is 6.08 Å². The Morgan fingerprint density at radius 1 is 1.05 bits per heavy atom. The zero-order valence-corrected chi connectivity index (χ0v) is 12.3. The lowest BCUT2D eigenvalue weighted by Crippen LogP contribution is -3.00.